The number of imidazole rings is 1. The number of carbonyl (C=O) groups excluding carboxylic acids is 3. The van der Waals surface area contributed by atoms with Crippen LogP contribution in [0.3, 0.4) is 0 Å². The number of methoxy groups -OCH3 is 1. The minimum Gasteiger partial charge on any atom is -0.465 e. The number of esters is 1. The summed E-state index contributed by atoms with van der Waals surface area (Å²) in [6.45, 7) is -0.430. The van der Waals surface area contributed by atoms with Crippen molar-refractivity contribution in [3.05, 3.63) is 77.6 Å². The number of aromatic nitrogens is 2. The summed E-state index contributed by atoms with van der Waals surface area (Å²) in [4.78, 5) is 44.4. The highest BCUT2D eigenvalue weighted by atomic mass is 16.5. The second-order valence-corrected chi connectivity index (χ2v) is 8.70. The molecule has 8 heteroatoms. The van der Waals surface area contributed by atoms with E-state index in [1.54, 1.807) is 24.3 Å². The number of Topliss-reactive ketones (excluding diaryl/α,β-unsaturated/α-hetero) is 1. The first-order valence-corrected chi connectivity index (χ1v) is 12.0. The van der Waals surface area contributed by atoms with Gasteiger partial charge in [-0.25, -0.2) is 9.78 Å². The van der Waals surface area contributed by atoms with Crippen LogP contribution in [0.4, 0.5) is 0 Å². The SMILES string of the molecule is COC(=O)c1ccc(C(=O)N[C@@H](CCCCCC(=O)CO)c2nc3c(ccc4ccccc43)[nH]2)cc1. The van der Waals surface area contributed by atoms with Crippen molar-refractivity contribution in [3.8, 4) is 0 Å². The Morgan fingerprint density at radius 3 is 2.47 bits per heavy atom. The standard InChI is InChI=1S/C28H29N3O5/c1-36-28(35)20-13-11-19(12-14-20)27(34)30-24(10-4-2-3-8-21(33)17-32)26-29-23-16-15-18-7-5-6-9-22(18)25(23)31-26/h5-7,9,11-16,24,32H,2-4,8,10,17H2,1H3,(H,29,31)(H,30,34)/t24-/m0/s1. The Morgan fingerprint density at radius 1 is 0.972 bits per heavy atom. The van der Waals surface area contributed by atoms with Crippen molar-refractivity contribution in [1.29, 1.82) is 0 Å². The van der Waals surface area contributed by atoms with Gasteiger partial charge >= 0.3 is 5.97 Å². The summed E-state index contributed by atoms with van der Waals surface area (Å²) in [6.07, 6.45) is 3.20. The molecule has 0 saturated heterocycles. The molecule has 8 nitrogen and oxygen atoms in total. The molecule has 0 spiro atoms. The number of amides is 1. The predicted octanol–water partition coefficient (Wildman–Crippen LogP) is 4.49. The Labute approximate surface area is 208 Å². The molecule has 0 aliphatic rings. The molecule has 36 heavy (non-hydrogen) atoms. The van der Waals surface area contributed by atoms with Crippen LogP contribution in [0.5, 0.6) is 0 Å². The van der Waals surface area contributed by atoms with Gasteiger partial charge in [-0.15, -0.1) is 0 Å². The number of nitrogens with zero attached hydrogens (tertiary/aromatic N) is 1. The molecule has 0 bridgehead atoms. The Kier molecular flexibility index (Phi) is 8.07. The molecule has 1 aromatic heterocycles. The summed E-state index contributed by atoms with van der Waals surface area (Å²) in [5, 5.41) is 14.1. The highest BCUT2D eigenvalue weighted by Crippen LogP contribution is 2.27. The van der Waals surface area contributed by atoms with Crippen molar-refractivity contribution >= 4 is 39.5 Å². The molecule has 4 aromatic rings. The molecule has 3 N–H and O–H groups in total. The first-order valence-electron chi connectivity index (χ1n) is 12.0. The third-order valence-corrected chi connectivity index (χ3v) is 6.22. The summed E-state index contributed by atoms with van der Waals surface area (Å²) in [5.41, 5.74) is 2.52. The number of hydrogen-bond acceptors (Lipinski definition) is 6. The molecule has 186 valence electrons. The Hall–Kier alpha value is -4.04. The van der Waals surface area contributed by atoms with Crippen molar-refractivity contribution in [2.75, 3.05) is 13.7 Å². The second-order valence-electron chi connectivity index (χ2n) is 8.70. The van der Waals surface area contributed by atoms with Crippen LogP contribution < -0.4 is 5.32 Å². The summed E-state index contributed by atoms with van der Waals surface area (Å²) in [6, 6.07) is 18.0. The lowest BCUT2D eigenvalue weighted by molar-refractivity contribution is -0.121. The van der Waals surface area contributed by atoms with Gasteiger partial charge in [0, 0.05) is 17.4 Å². The Bertz CT molecular complexity index is 1380. The van der Waals surface area contributed by atoms with E-state index in [4.69, 9.17) is 14.8 Å². The minimum atomic E-state index is -0.464. The van der Waals surface area contributed by atoms with Crippen LogP contribution in [0.1, 0.15) is 64.7 Å². The zero-order valence-electron chi connectivity index (χ0n) is 20.1. The average molecular weight is 488 g/mol. The van der Waals surface area contributed by atoms with E-state index in [0.29, 0.717) is 36.2 Å². The molecule has 4 rings (SSSR count). The summed E-state index contributed by atoms with van der Waals surface area (Å²) >= 11 is 0. The maximum absolute atomic E-state index is 13.1. The van der Waals surface area contributed by atoms with Crippen molar-refractivity contribution in [1.82, 2.24) is 15.3 Å². The van der Waals surface area contributed by atoms with Gasteiger partial charge in [-0.1, -0.05) is 43.2 Å². The van der Waals surface area contributed by atoms with Crippen molar-refractivity contribution in [3.63, 3.8) is 0 Å². The number of H-pyrrole nitrogens is 1. The lowest BCUT2D eigenvalue weighted by Crippen LogP contribution is -2.29. The fourth-order valence-electron chi connectivity index (χ4n) is 4.25. The Balaban J connectivity index is 1.55. The van der Waals surface area contributed by atoms with Crippen LogP contribution in [0.2, 0.25) is 0 Å². The quantitative estimate of drug-likeness (QED) is 0.212. The van der Waals surface area contributed by atoms with E-state index in [1.807, 2.05) is 36.4 Å². The van der Waals surface area contributed by atoms with E-state index in [-0.39, 0.29) is 17.7 Å². The number of aliphatic hydroxyl groups excluding tert-OH is 1. The first kappa shape index (κ1) is 25.1. The number of hydrogen-bond donors (Lipinski definition) is 3. The van der Waals surface area contributed by atoms with Gasteiger partial charge in [0.25, 0.3) is 5.91 Å². The smallest absolute Gasteiger partial charge is 0.337 e. The van der Waals surface area contributed by atoms with Crippen LogP contribution >= 0.6 is 0 Å². The van der Waals surface area contributed by atoms with Crippen LogP contribution in [-0.4, -0.2) is 46.5 Å². The molecule has 0 aliphatic heterocycles. The molecule has 1 atom stereocenters. The summed E-state index contributed by atoms with van der Waals surface area (Å²) in [7, 11) is 1.31. The number of aromatic amines is 1. The molecule has 0 radical (unpaired) electrons. The molecular formula is C28H29N3O5. The normalized spacial score (nSPS) is 11.9. The van der Waals surface area contributed by atoms with Gasteiger partial charge in [-0.2, -0.15) is 0 Å². The summed E-state index contributed by atoms with van der Waals surface area (Å²) in [5.74, 6) is -0.252. The fourth-order valence-corrected chi connectivity index (χ4v) is 4.25. The van der Waals surface area contributed by atoms with Gasteiger partial charge < -0.3 is 20.1 Å². The van der Waals surface area contributed by atoms with E-state index < -0.39 is 12.6 Å². The molecule has 1 amide bonds. The maximum Gasteiger partial charge on any atom is 0.337 e. The number of ether oxygens (including phenoxy) is 1. The third kappa shape index (κ3) is 5.78. The number of carbonyl (C=O) groups is 3. The number of aliphatic hydroxyl groups is 1. The predicted molar refractivity (Wildman–Crippen MR) is 137 cm³/mol. The lowest BCUT2D eigenvalue weighted by atomic mass is 10.0. The highest BCUT2D eigenvalue weighted by molar-refractivity contribution is 6.04. The zero-order chi connectivity index (χ0) is 25.5. The molecule has 0 unspecified atom stereocenters. The Morgan fingerprint density at radius 2 is 1.72 bits per heavy atom. The van der Waals surface area contributed by atoms with Gasteiger partial charge in [-0.3, -0.25) is 9.59 Å². The van der Waals surface area contributed by atoms with Gasteiger partial charge in [-0.05, 0) is 48.6 Å². The van der Waals surface area contributed by atoms with Crippen LogP contribution in [-0.2, 0) is 9.53 Å². The van der Waals surface area contributed by atoms with E-state index in [9.17, 15) is 14.4 Å². The molecule has 3 aromatic carbocycles. The molecular weight excluding hydrogens is 458 g/mol. The van der Waals surface area contributed by atoms with E-state index in [1.165, 1.54) is 7.11 Å². The molecule has 0 aliphatic carbocycles. The monoisotopic (exact) mass is 487 g/mol. The van der Waals surface area contributed by atoms with E-state index in [2.05, 4.69) is 10.3 Å². The molecule has 1 heterocycles. The molecule has 0 saturated carbocycles. The lowest BCUT2D eigenvalue weighted by Gasteiger charge is -2.17. The third-order valence-electron chi connectivity index (χ3n) is 6.22. The van der Waals surface area contributed by atoms with Gasteiger partial charge in [0.15, 0.2) is 5.78 Å². The van der Waals surface area contributed by atoms with Gasteiger partial charge in [0.2, 0.25) is 0 Å². The maximum atomic E-state index is 13.1. The van der Waals surface area contributed by atoms with Crippen molar-refractivity contribution in [2.45, 2.75) is 38.1 Å². The number of ketones is 1. The van der Waals surface area contributed by atoms with Crippen molar-refractivity contribution < 1.29 is 24.2 Å². The topological polar surface area (TPSA) is 121 Å². The zero-order valence-corrected chi connectivity index (χ0v) is 20.1. The first-order chi connectivity index (χ1) is 17.5. The number of fused-ring (bicyclic) bond motifs is 3. The minimum absolute atomic E-state index is 0.167. The van der Waals surface area contributed by atoms with Gasteiger partial charge in [0.05, 0.1) is 29.7 Å². The van der Waals surface area contributed by atoms with Crippen molar-refractivity contribution in [2.24, 2.45) is 0 Å². The number of nitrogens with one attached hydrogen (secondary N) is 2. The largest absolute Gasteiger partial charge is 0.465 e. The average Bonchev–Trinajstić information content (AvgIpc) is 3.36. The number of rotatable bonds is 11. The second kappa shape index (κ2) is 11.6. The highest BCUT2D eigenvalue weighted by Gasteiger charge is 2.20. The molecule has 0 fully saturated rings. The van der Waals surface area contributed by atoms with Crippen LogP contribution in [0.15, 0.2) is 60.7 Å². The van der Waals surface area contributed by atoms with Crippen LogP contribution in [0, 0.1) is 0 Å². The van der Waals surface area contributed by atoms with Crippen LogP contribution in [0.25, 0.3) is 21.8 Å². The summed E-state index contributed by atoms with van der Waals surface area (Å²) < 4.78 is 4.72. The fraction of sp³-hybridized carbons (Fsp3) is 0.286. The van der Waals surface area contributed by atoms with E-state index >= 15 is 0 Å². The number of benzene rings is 3. The number of unbranched alkanes of at least 4 members (excludes halogenated alkanes) is 2. The van der Waals surface area contributed by atoms with Gasteiger partial charge in [0.1, 0.15) is 12.4 Å². The van der Waals surface area contributed by atoms with E-state index in [0.717, 1.165) is 34.6 Å².